The van der Waals surface area contributed by atoms with Crippen molar-refractivity contribution in [2.45, 2.75) is 26.3 Å². The van der Waals surface area contributed by atoms with Gasteiger partial charge >= 0.3 is 0 Å². The van der Waals surface area contributed by atoms with Crippen LogP contribution in [-0.4, -0.2) is 23.4 Å². The van der Waals surface area contributed by atoms with E-state index in [0.29, 0.717) is 18.5 Å². The Kier molecular flexibility index (Phi) is 5.63. The highest BCUT2D eigenvalue weighted by atomic mass is 79.9. The zero-order valence-corrected chi connectivity index (χ0v) is 13.5. The Morgan fingerprint density at radius 1 is 1.59 bits per heavy atom. The number of carbonyl (C=O) groups is 1. The number of amides is 1. The van der Waals surface area contributed by atoms with Gasteiger partial charge in [0.15, 0.2) is 0 Å². The third-order valence-electron chi connectivity index (χ3n) is 2.24. The third-order valence-corrected chi connectivity index (χ3v) is 4.58. The summed E-state index contributed by atoms with van der Waals surface area (Å²) in [7, 11) is 0. The number of nitrogens with zero attached hydrogens (tertiary/aromatic N) is 2. The first-order chi connectivity index (χ1) is 7.97. The maximum atomic E-state index is 12.3. The molecule has 0 bridgehead atoms. The average molecular weight is 380 g/mol. The maximum absolute atomic E-state index is 12.3. The van der Waals surface area contributed by atoms with Gasteiger partial charge in [0, 0.05) is 12.6 Å². The van der Waals surface area contributed by atoms with E-state index < -0.39 is 0 Å². The minimum absolute atomic E-state index is 0.0379. The molecule has 0 aliphatic heterocycles. The van der Waals surface area contributed by atoms with Gasteiger partial charge < -0.3 is 4.90 Å². The molecular weight excluding hydrogens is 368 g/mol. The van der Waals surface area contributed by atoms with Gasteiger partial charge in [0.1, 0.15) is 0 Å². The molecule has 0 saturated carbocycles. The molecule has 1 aromatic heterocycles. The molecule has 0 saturated heterocycles. The summed E-state index contributed by atoms with van der Waals surface area (Å²) < 4.78 is 1.73. The Hall–Kier alpha value is -0.380. The van der Waals surface area contributed by atoms with Crippen molar-refractivity contribution in [3.8, 4) is 6.07 Å². The monoisotopic (exact) mass is 378 g/mol. The zero-order valence-electron chi connectivity index (χ0n) is 9.54. The fraction of sp³-hybridized carbons (Fsp3) is 0.455. The lowest BCUT2D eigenvalue weighted by Gasteiger charge is -2.25. The second-order valence-electron chi connectivity index (χ2n) is 3.74. The molecule has 1 heterocycles. The van der Waals surface area contributed by atoms with E-state index in [1.54, 1.807) is 11.0 Å². The van der Waals surface area contributed by atoms with Crippen molar-refractivity contribution in [1.29, 1.82) is 5.26 Å². The lowest BCUT2D eigenvalue weighted by atomic mass is 10.2. The molecule has 17 heavy (non-hydrogen) atoms. The van der Waals surface area contributed by atoms with Gasteiger partial charge in [-0.1, -0.05) is 0 Å². The van der Waals surface area contributed by atoms with Crippen LogP contribution in [0.5, 0.6) is 0 Å². The van der Waals surface area contributed by atoms with Crippen LogP contribution < -0.4 is 0 Å². The predicted molar refractivity (Wildman–Crippen MR) is 76.1 cm³/mol. The summed E-state index contributed by atoms with van der Waals surface area (Å²) in [4.78, 5) is 14.0. The van der Waals surface area contributed by atoms with E-state index in [2.05, 4.69) is 37.9 Å². The standard InChI is InChI=1S/C11H12Br2N2OS/c1-7(2)15(5-3-4-14)11(16)8-6-9(12)17-10(8)13/h6-7H,3,5H2,1-2H3. The Balaban J connectivity index is 2.92. The Labute approximate surface area is 122 Å². The van der Waals surface area contributed by atoms with Crippen LogP contribution in [0.25, 0.3) is 0 Å². The molecule has 1 rings (SSSR count). The van der Waals surface area contributed by atoms with Crippen molar-refractivity contribution in [1.82, 2.24) is 4.90 Å². The minimum Gasteiger partial charge on any atom is -0.335 e. The third kappa shape index (κ3) is 3.80. The van der Waals surface area contributed by atoms with E-state index in [1.807, 2.05) is 13.8 Å². The first-order valence-electron chi connectivity index (χ1n) is 5.10. The lowest BCUT2D eigenvalue weighted by Crippen LogP contribution is -2.37. The van der Waals surface area contributed by atoms with E-state index >= 15 is 0 Å². The highest BCUT2D eigenvalue weighted by molar-refractivity contribution is 9.12. The van der Waals surface area contributed by atoms with Gasteiger partial charge in [-0.15, -0.1) is 11.3 Å². The average Bonchev–Trinajstić information content (AvgIpc) is 2.57. The van der Waals surface area contributed by atoms with Crippen molar-refractivity contribution in [2.75, 3.05) is 6.54 Å². The second-order valence-corrected chi connectivity index (χ2v) is 7.49. The van der Waals surface area contributed by atoms with Crippen LogP contribution in [0.1, 0.15) is 30.6 Å². The lowest BCUT2D eigenvalue weighted by molar-refractivity contribution is 0.0710. The van der Waals surface area contributed by atoms with Crippen LogP contribution in [0.3, 0.4) is 0 Å². The molecule has 0 aliphatic rings. The van der Waals surface area contributed by atoms with Crippen molar-refractivity contribution in [3.63, 3.8) is 0 Å². The molecule has 0 spiro atoms. The first kappa shape index (κ1) is 14.7. The van der Waals surface area contributed by atoms with E-state index in [9.17, 15) is 4.79 Å². The van der Waals surface area contributed by atoms with Crippen molar-refractivity contribution in [3.05, 3.63) is 19.2 Å². The molecule has 0 atom stereocenters. The quantitative estimate of drug-likeness (QED) is 0.792. The summed E-state index contributed by atoms with van der Waals surface area (Å²) in [6.07, 6.45) is 0.354. The van der Waals surface area contributed by atoms with Gasteiger partial charge in [-0.2, -0.15) is 5.26 Å². The van der Waals surface area contributed by atoms with Gasteiger partial charge in [0.05, 0.1) is 25.6 Å². The SMILES string of the molecule is CC(C)N(CCC#N)C(=O)c1cc(Br)sc1Br. The summed E-state index contributed by atoms with van der Waals surface area (Å²) in [5.74, 6) is -0.0379. The number of thiophene rings is 1. The molecule has 0 aliphatic carbocycles. The molecule has 6 heteroatoms. The summed E-state index contributed by atoms with van der Waals surface area (Å²) >= 11 is 8.21. The Morgan fingerprint density at radius 2 is 2.24 bits per heavy atom. The number of hydrogen-bond acceptors (Lipinski definition) is 3. The van der Waals surface area contributed by atoms with Crippen LogP contribution in [0, 0.1) is 11.3 Å². The van der Waals surface area contributed by atoms with E-state index in [-0.39, 0.29) is 11.9 Å². The van der Waals surface area contributed by atoms with Crippen LogP contribution in [0.2, 0.25) is 0 Å². The highest BCUT2D eigenvalue weighted by Crippen LogP contribution is 2.32. The van der Waals surface area contributed by atoms with Crippen LogP contribution in [-0.2, 0) is 0 Å². The smallest absolute Gasteiger partial charge is 0.256 e. The molecule has 0 fully saturated rings. The summed E-state index contributed by atoms with van der Waals surface area (Å²) in [6, 6.07) is 3.96. The maximum Gasteiger partial charge on any atom is 0.256 e. The summed E-state index contributed by atoms with van der Waals surface area (Å²) in [6.45, 7) is 4.36. The molecule has 0 unspecified atom stereocenters. The minimum atomic E-state index is -0.0379. The van der Waals surface area contributed by atoms with E-state index in [4.69, 9.17) is 5.26 Å². The fourth-order valence-electron chi connectivity index (χ4n) is 1.41. The van der Waals surface area contributed by atoms with Gasteiger partial charge in [0.2, 0.25) is 0 Å². The molecule has 0 radical (unpaired) electrons. The van der Waals surface area contributed by atoms with Crippen LogP contribution in [0.4, 0.5) is 0 Å². The fourth-order valence-corrected chi connectivity index (χ4v) is 4.18. The zero-order chi connectivity index (χ0) is 13.0. The number of carbonyl (C=O) groups excluding carboxylic acids is 1. The largest absolute Gasteiger partial charge is 0.335 e. The molecular formula is C11H12Br2N2OS. The highest BCUT2D eigenvalue weighted by Gasteiger charge is 2.22. The number of rotatable bonds is 4. The second kappa shape index (κ2) is 6.53. The first-order valence-corrected chi connectivity index (χ1v) is 7.50. The van der Waals surface area contributed by atoms with Gasteiger partial charge in [-0.25, -0.2) is 0 Å². The molecule has 92 valence electrons. The van der Waals surface area contributed by atoms with Crippen molar-refractivity contribution < 1.29 is 4.79 Å². The molecule has 0 aromatic carbocycles. The topological polar surface area (TPSA) is 44.1 Å². The van der Waals surface area contributed by atoms with Crippen LogP contribution in [0.15, 0.2) is 13.6 Å². The summed E-state index contributed by atoms with van der Waals surface area (Å²) in [5, 5.41) is 8.61. The van der Waals surface area contributed by atoms with E-state index in [0.717, 1.165) is 7.57 Å². The van der Waals surface area contributed by atoms with Crippen molar-refractivity contribution >= 4 is 49.1 Å². The predicted octanol–water partition coefficient (Wildman–Crippen LogP) is 4.04. The Bertz CT molecular complexity index is 451. The molecule has 1 aromatic rings. The molecule has 1 amide bonds. The van der Waals surface area contributed by atoms with Crippen LogP contribution >= 0.6 is 43.2 Å². The number of nitriles is 1. The number of hydrogen-bond donors (Lipinski definition) is 0. The molecule has 3 nitrogen and oxygen atoms in total. The Morgan fingerprint density at radius 3 is 2.65 bits per heavy atom. The molecule has 0 N–H and O–H groups in total. The van der Waals surface area contributed by atoms with Gasteiger partial charge in [0.25, 0.3) is 5.91 Å². The normalized spacial score (nSPS) is 10.4. The van der Waals surface area contributed by atoms with Gasteiger partial charge in [-0.3, -0.25) is 4.79 Å². The van der Waals surface area contributed by atoms with E-state index in [1.165, 1.54) is 11.3 Å². The van der Waals surface area contributed by atoms with Gasteiger partial charge in [-0.05, 0) is 51.8 Å². The summed E-state index contributed by atoms with van der Waals surface area (Å²) in [5.41, 5.74) is 0.647. The van der Waals surface area contributed by atoms with Crippen molar-refractivity contribution in [2.24, 2.45) is 0 Å². The number of halogens is 2.